The number of ether oxygens (including phenoxy) is 2. The molecular weight excluding hydrogens is 436 g/mol. The summed E-state index contributed by atoms with van der Waals surface area (Å²) in [6.07, 6.45) is 3.38. The van der Waals surface area contributed by atoms with Gasteiger partial charge in [0.05, 0.1) is 6.61 Å². The molecule has 0 radical (unpaired) electrons. The fraction of sp³-hybridized carbons (Fsp3) is 0.130. The molecule has 8 heteroatoms. The monoisotopic (exact) mass is 454 g/mol. The Hall–Kier alpha value is -3.13. The molecule has 3 aromatic rings. The van der Waals surface area contributed by atoms with Crippen molar-refractivity contribution in [2.75, 3.05) is 18.5 Å². The van der Waals surface area contributed by atoms with E-state index in [2.05, 4.69) is 5.32 Å². The van der Waals surface area contributed by atoms with Crippen molar-refractivity contribution in [1.82, 2.24) is 0 Å². The maximum atomic E-state index is 13.6. The summed E-state index contributed by atoms with van der Waals surface area (Å²) < 4.78 is 12.8. The van der Waals surface area contributed by atoms with Crippen LogP contribution in [0, 0.1) is 0 Å². The van der Waals surface area contributed by atoms with E-state index in [9.17, 15) is 10.2 Å². The van der Waals surface area contributed by atoms with Crippen LogP contribution in [0.15, 0.2) is 67.0 Å². The van der Waals surface area contributed by atoms with Crippen molar-refractivity contribution < 1.29 is 24.3 Å². The van der Waals surface area contributed by atoms with E-state index < -0.39 is 0 Å². The number of anilines is 1. The summed E-state index contributed by atoms with van der Waals surface area (Å²) in [6.45, 7) is 0.728. The van der Waals surface area contributed by atoms with Crippen LogP contribution in [-0.4, -0.2) is 23.3 Å². The van der Waals surface area contributed by atoms with Gasteiger partial charge in [-0.25, -0.2) is 0 Å². The summed E-state index contributed by atoms with van der Waals surface area (Å²) in [7, 11) is 0. The van der Waals surface area contributed by atoms with Crippen LogP contribution >= 0.6 is 23.8 Å². The zero-order valence-corrected chi connectivity index (χ0v) is 17.9. The Labute approximate surface area is 189 Å². The normalized spacial score (nSPS) is 13.4. The summed E-state index contributed by atoms with van der Waals surface area (Å²) in [5.41, 5.74) is 1.98. The van der Waals surface area contributed by atoms with Gasteiger partial charge < -0.3 is 25.0 Å². The molecule has 0 saturated carbocycles. The molecular formula is C23H19ClN2O4S. The van der Waals surface area contributed by atoms with Crippen molar-refractivity contribution in [1.29, 1.82) is 0 Å². The molecule has 0 fully saturated rings. The van der Waals surface area contributed by atoms with Crippen molar-refractivity contribution in [2.45, 2.75) is 6.61 Å². The fourth-order valence-corrected chi connectivity index (χ4v) is 3.58. The van der Waals surface area contributed by atoms with Crippen LogP contribution in [-0.2, 0) is 6.61 Å². The van der Waals surface area contributed by atoms with Crippen molar-refractivity contribution >= 4 is 46.0 Å². The maximum Gasteiger partial charge on any atom is 0.238 e. The number of pyridine rings is 1. The van der Waals surface area contributed by atoms with Gasteiger partial charge in [0.15, 0.2) is 28.9 Å². The first kappa shape index (κ1) is 21.1. The van der Waals surface area contributed by atoms with Gasteiger partial charge in [0.2, 0.25) is 5.70 Å². The predicted octanol–water partition coefficient (Wildman–Crippen LogP) is 3.02. The summed E-state index contributed by atoms with van der Waals surface area (Å²) in [6, 6.07) is 15.6. The lowest BCUT2D eigenvalue weighted by molar-refractivity contribution is -0.578. The molecule has 2 N–H and O–H groups in total. The Kier molecular flexibility index (Phi) is 6.36. The fourth-order valence-electron chi connectivity index (χ4n) is 3.14. The number of aliphatic hydroxyl groups excluding tert-OH is 1. The van der Waals surface area contributed by atoms with Crippen molar-refractivity contribution in [3.63, 3.8) is 0 Å². The predicted molar refractivity (Wildman–Crippen MR) is 121 cm³/mol. The number of halogens is 1. The van der Waals surface area contributed by atoms with Gasteiger partial charge in [-0.05, 0) is 53.8 Å². The van der Waals surface area contributed by atoms with Gasteiger partial charge in [0.1, 0.15) is 13.2 Å². The number of benzene rings is 2. The van der Waals surface area contributed by atoms with Gasteiger partial charge in [-0.2, -0.15) is 4.57 Å². The number of rotatable bonds is 5. The van der Waals surface area contributed by atoms with Crippen molar-refractivity contribution in [3.05, 3.63) is 83.1 Å². The minimum Gasteiger partial charge on any atom is -0.867 e. The van der Waals surface area contributed by atoms with Crippen LogP contribution in [0.1, 0.15) is 11.1 Å². The molecule has 0 unspecified atom stereocenters. The van der Waals surface area contributed by atoms with E-state index in [0.717, 1.165) is 0 Å². The highest BCUT2D eigenvalue weighted by molar-refractivity contribution is 7.81. The van der Waals surface area contributed by atoms with E-state index in [1.807, 2.05) is 0 Å². The van der Waals surface area contributed by atoms with Gasteiger partial charge in [0.25, 0.3) is 0 Å². The third-order valence-electron chi connectivity index (χ3n) is 4.64. The first-order valence-electron chi connectivity index (χ1n) is 9.55. The van der Waals surface area contributed by atoms with Gasteiger partial charge in [-0.3, -0.25) is 0 Å². The first-order chi connectivity index (χ1) is 15.0. The second-order valence-electron chi connectivity index (χ2n) is 6.77. The zero-order chi connectivity index (χ0) is 21.8. The molecule has 158 valence electrons. The van der Waals surface area contributed by atoms with Crippen molar-refractivity contribution in [3.8, 4) is 11.5 Å². The highest BCUT2D eigenvalue weighted by Gasteiger charge is 2.21. The lowest BCUT2D eigenvalue weighted by Crippen LogP contribution is -2.40. The highest BCUT2D eigenvalue weighted by Crippen LogP contribution is 2.32. The number of aliphatic hydroxyl groups is 1. The quantitative estimate of drug-likeness (QED) is 0.267. The Morgan fingerprint density at radius 2 is 1.84 bits per heavy atom. The second-order valence-corrected chi connectivity index (χ2v) is 7.62. The van der Waals surface area contributed by atoms with Gasteiger partial charge in [0, 0.05) is 22.3 Å². The van der Waals surface area contributed by atoms with Crippen LogP contribution in [0.25, 0.3) is 11.5 Å². The van der Waals surface area contributed by atoms with Crippen LogP contribution in [0.2, 0.25) is 5.02 Å². The molecule has 31 heavy (non-hydrogen) atoms. The molecule has 2 aromatic carbocycles. The Morgan fingerprint density at radius 3 is 2.58 bits per heavy atom. The van der Waals surface area contributed by atoms with Gasteiger partial charge >= 0.3 is 0 Å². The van der Waals surface area contributed by atoms with E-state index in [1.165, 1.54) is 0 Å². The average molecular weight is 455 g/mol. The zero-order valence-electron chi connectivity index (χ0n) is 16.4. The summed E-state index contributed by atoms with van der Waals surface area (Å²) in [5, 5.41) is 26.8. The smallest absolute Gasteiger partial charge is 0.238 e. The molecule has 0 saturated heterocycles. The minimum atomic E-state index is -0.302. The number of hydrogen-bond acceptors (Lipinski definition) is 5. The molecule has 2 heterocycles. The molecule has 0 spiro atoms. The number of nitrogens with zero attached hydrogens (tertiary/aromatic N) is 1. The third kappa shape index (κ3) is 4.80. The van der Waals surface area contributed by atoms with Crippen LogP contribution in [0.4, 0.5) is 5.69 Å². The van der Waals surface area contributed by atoms with Gasteiger partial charge in [-0.15, -0.1) is 0 Å². The third-order valence-corrected chi connectivity index (χ3v) is 5.19. The van der Waals surface area contributed by atoms with E-state index in [1.54, 1.807) is 71.6 Å². The number of nitrogens with one attached hydrogen (secondary N) is 1. The summed E-state index contributed by atoms with van der Waals surface area (Å²) >= 11 is 11.6. The summed E-state index contributed by atoms with van der Waals surface area (Å²) in [5.74, 6) is 0.812. The Balaban J connectivity index is 1.78. The molecule has 4 rings (SSSR count). The van der Waals surface area contributed by atoms with Gasteiger partial charge in [-0.1, -0.05) is 29.9 Å². The van der Waals surface area contributed by atoms with E-state index in [-0.39, 0.29) is 23.1 Å². The molecule has 0 aliphatic carbocycles. The van der Waals surface area contributed by atoms with Crippen LogP contribution in [0.5, 0.6) is 11.5 Å². The Morgan fingerprint density at radius 1 is 1.10 bits per heavy atom. The number of thiocarbonyl (C=S) groups is 1. The molecule has 0 amide bonds. The lowest BCUT2D eigenvalue weighted by Gasteiger charge is -2.21. The standard InChI is InChI=1S/C23H19ClN2O4S/c24-17-4-6-18(7-5-17)25-23(31)21(26-9-1-2-15(13-26)14-27)22(28)16-3-8-19-20(12-16)30-11-10-29-19/h1-9,12-13,27H,10-11,14H2,(H-,25,28,31). The van der Waals surface area contributed by atoms with Crippen LogP contribution < -0.4 is 24.5 Å². The Bertz CT molecular complexity index is 1150. The number of aromatic nitrogens is 1. The SMILES string of the molecule is [O-]C(=C(C(=S)Nc1ccc(Cl)cc1)[n+]1cccc(CO)c1)c1ccc2c(c1)OCCO2. The minimum absolute atomic E-state index is 0.163. The average Bonchev–Trinajstić information content (AvgIpc) is 2.80. The molecule has 6 nitrogen and oxygen atoms in total. The topological polar surface area (TPSA) is 77.7 Å². The molecule has 1 aliphatic heterocycles. The summed E-state index contributed by atoms with van der Waals surface area (Å²) in [4.78, 5) is 0.224. The van der Waals surface area contributed by atoms with E-state index in [0.29, 0.717) is 46.5 Å². The largest absolute Gasteiger partial charge is 0.867 e. The van der Waals surface area contributed by atoms with E-state index in [4.69, 9.17) is 33.3 Å². The highest BCUT2D eigenvalue weighted by atomic mass is 35.5. The molecule has 0 atom stereocenters. The number of fused-ring (bicyclic) bond motifs is 1. The molecule has 1 aromatic heterocycles. The molecule has 0 bridgehead atoms. The van der Waals surface area contributed by atoms with Crippen LogP contribution in [0.3, 0.4) is 0 Å². The van der Waals surface area contributed by atoms with Crippen molar-refractivity contribution in [2.24, 2.45) is 0 Å². The maximum absolute atomic E-state index is 13.6. The lowest BCUT2D eigenvalue weighted by atomic mass is 10.1. The van der Waals surface area contributed by atoms with E-state index >= 15 is 0 Å². The molecule has 1 aliphatic rings. The second kappa shape index (κ2) is 9.34. The number of hydrogen-bond donors (Lipinski definition) is 2. The first-order valence-corrected chi connectivity index (χ1v) is 10.3.